The molecule has 0 amide bonds. The summed E-state index contributed by atoms with van der Waals surface area (Å²) in [5.74, 6) is 0. The summed E-state index contributed by atoms with van der Waals surface area (Å²) < 4.78 is 0. The molecule has 0 atom stereocenters. The Kier molecular flexibility index (Phi) is 2.71. The Bertz CT molecular complexity index is 302. The minimum absolute atomic E-state index is 0.0136. The molecule has 0 aromatic heterocycles. The number of nitrogens with one attached hydrogen (secondary N) is 1. The molecule has 0 bridgehead atoms. The molecule has 0 aliphatic heterocycles. The Hall–Kier alpha value is -0.890. The number of hydrogen-bond acceptors (Lipinski definition) is 2. The van der Waals surface area contributed by atoms with Crippen LogP contribution < -0.4 is 11.1 Å². The Balaban J connectivity index is 2.90. The molecule has 0 aliphatic rings. The van der Waals surface area contributed by atoms with Crippen LogP contribution in [0, 0.1) is 0 Å². The van der Waals surface area contributed by atoms with E-state index in [9.17, 15) is 0 Å². The zero-order valence-corrected chi connectivity index (χ0v) is 8.94. The van der Waals surface area contributed by atoms with Crippen molar-refractivity contribution < 1.29 is 0 Å². The smallest absolute Gasteiger partial charge is 0.0658 e. The minimum Gasteiger partial charge on any atom is -0.399 e. The maximum Gasteiger partial charge on any atom is 0.0658 e. The molecular weight excluding hydrogens is 184 g/mol. The van der Waals surface area contributed by atoms with Gasteiger partial charge < -0.3 is 11.1 Å². The van der Waals surface area contributed by atoms with E-state index in [1.54, 1.807) is 6.07 Å². The number of halogens is 1. The van der Waals surface area contributed by atoms with E-state index in [0.29, 0.717) is 10.7 Å². The number of anilines is 2. The number of nitrogens with two attached hydrogens (primary N) is 1. The number of nitrogen functional groups attached to an aromatic ring is 1. The largest absolute Gasteiger partial charge is 0.399 e. The molecule has 0 spiro atoms. The molecule has 3 N–H and O–H groups in total. The molecule has 0 saturated carbocycles. The maximum absolute atomic E-state index is 5.99. The predicted molar refractivity (Wildman–Crippen MR) is 59.2 cm³/mol. The summed E-state index contributed by atoms with van der Waals surface area (Å²) >= 11 is 5.99. The van der Waals surface area contributed by atoms with Gasteiger partial charge in [0.05, 0.1) is 10.7 Å². The average Bonchev–Trinajstić information content (AvgIpc) is 1.93. The number of hydrogen-bond donors (Lipinski definition) is 2. The fourth-order valence-electron chi connectivity index (χ4n) is 1.04. The summed E-state index contributed by atoms with van der Waals surface area (Å²) in [5, 5.41) is 3.95. The normalized spacial score (nSPS) is 11.4. The lowest BCUT2D eigenvalue weighted by atomic mass is 10.1. The molecule has 2 nitrogen and oxygen atoms in total. The summed E-state index contributed by atoms with van der Waals surface area (Å²) in [6, 6.07) is 5.47. The topological polar surface area (TPSA) is 38.0 Å². The third kappa shape index (κ3) is 3.15. The molecule has 0 aliphatic carbocycles. The summed E-state index contributed by atoms with van der Waals surface area (Å²) in [6.07, 6.45) is 0. The average molecular weight is 199 g/mol. The molecule has 72 valence electrons. The second-order valence-corrected chi connectivity index (χ2v) is 4.52. The van der Waals surface area contributed by atoms with Crippen LogP contribution in [0.4, 0.5) is 11.4 Å². The second-order valence-electron chi connectivity index (χ2n) is 4.11. The fourth-order valence-corrected chi connectivity index (χ4v) is 1.27. The van der Waals surface area contributed by atoms with Crippen LogP contribution in [0.5, 0.6) is 0 Å². The van der Waals surface area contributed by atoms with E-state index in [1.165, 1.54) is 0 Å². The van der Waals surface area contributed by atoms with Crippen LogP contribution in [0.3, 0.4) is 0 Å². The van der Waals surface area contributed by atoms with Crippen molar-refractivity contribution in [2.24, 2.45) is 0 Å². The molecule has 0 saturated heterocycles. The van der Waals surface area contributed by atoms with Gasteiger partial charge in [0.25, 0.3) is 0 Å². The van der Waals surface area contributed by atoms with Crippen LogP contribution in [-0.4, -0.2) is 5.54 Å². The lowest BCUT2D eigenvalue weighted by Crippen LogP contribution is -2.26. The molecule has 1 rings (SSSR count). The van der Waals surface area contributed by atoms with Gasteiger partial charge in [0.1, 0.15) is 0 Å². The van der Waals surface area contributed by atoms with Crippen molar-refractivity contribution in [3.05, 3.63) is 23.2 Å². The molecule has 13 heavy (non-hydrogen) atoms. The first-order valence-corrected chi connectivity index (χ1v) is 4.59. The van der Waals surface area contributed by atoms with Gasteiger partial charge in [-0.15, -0.1) is 0 Å². The highest BCUT2D eigenvalue weighted by atomic mass is 35.5. The number of rotatable bonds is 1. The summed E-state index contributed by atoms with van der Waals surface area (Å²) in [5.41, 5.74) is 7.20. The first kappa shape index (κ1) is 10.2. The highest BCUT2D eigenvalue weighted by Crippen LogP contribution is 2.26. The Morgan fingerprint density at radius 2 is 1.92 bits per heavy atom. The van der Waals surface area contributed by atoms with Crippen LogP contribution in [0.25, 0.3) is 0 Å². The monoisotopic (exact) mass is 198 g/mol. The van der Waals surface area contributed by atoms with Gasteiger partial charge in [0, 0.05) is 11.2 Å². The van der Waals surface area contributed by atoms with Crippen molar-refractivity contribution in [3.63, 3.8) is 0 Å². The molecule has 0 fully saturated rings. The Morgan fingerprint density at radius 1 is 1.31 bits per heavy atom. The van der Waals surface area contributed by atoms with Crippen LogP contribution in [0.1, 0.15) is 20.8 Å². The van der Waals surface area contributed by atoms with Crippen LogP contribution >= 0.6 is 11.6 Å². The van der Waals surface area contributed by atoms with Gasteiger partial charge in [0.15, 0.2) is 0 Å². The fraction of sp³-hybridized carbons (Fsp3) is 0.400. The zero-order valence-electron chi connectivity index (χ0n) is 8.19. The van der Waals surface area contributed by atoms with Crippen molar-refractivity contribution in [1.29, 1.82) is 0 Å². The first-order chi connectivity index (χ1) is 5.88. The van der Waals surface area contributed by atoms with Gasteiger partial charge >= 0.3 is 0 Å². The van der Waals surface area contributed by atoms with Crippen LogP contribution in [-0.2, 0) is 0 Å². The maximum atomic E-state index is 5.99. The molecular formula is C10H15ClN2. The minimum atomic E-state index is 0.0136. The zero-order chi connectivity index (χ0) is 10.1. The SMILES string of the molecule is CC(C)(C)Nc1ccc(N)cc1Cl. The Morgan fingerprint density at radius 3 is 2.38 bits per heavy atom. The first-order valence-electron chi connectivity index (χ1n) is 4.22. The van der Waals surface area contributed by atoms with Crippen LogP contribution in [0.15, 0.2) is 18.2 Å². The van der Waals surface area contributed by atoms with Gasteiger partial charge in [-0.25, -0.2) is 0 Å². The van der Waals surface area contributed by atoms with Gasteiger partial charge in [-0.1, -0.05) is 11.6 Å². The van der Waals surface area contributed by atoms with E-state index in [2.05, 4.69) is 26.1 Å². The molecule has 1 aromatic rings. The standard InChI is InChI=1S/C10H15ClN2/c1-10(2,3)13-9-5-4-7(12)6-8(9)11/h4-6,13H,12H2,1-3H3. The quantitative estimate of drug-likeness (QED) is 0.681. The third-order valence-corrected chi connectivity index (χ3v) is 1.82. The highest BCUT2D eigenvalue weighted by molar-refractivity contribution is 6.33. The van der Waals surface area contributed by atoms with Crippen LogP contribution in [0.2, 0.25) is 5.02 Å². The molecule has 0 unspecified atom stereocenters. The Labute approximate surface area is 84.1 Å². The molecule has 1 aromatic carbocycles. The second kappa shape index (κ2) is 3.46. The number of benzene rings is 1. The summed E-state index contributed by atoms with van der Waals surface area (Å²) in [4.78, 5) is 0. The van der Waals surface area contributed by atoms with Crippen molar-refractivity contribution >= 4 is 23.0 Å². The lowest BCUT2D eigenvalue weighted by molar-refractivity contribution is 0.634. The van der Waals surface area contributed by atoms with Gasteiger partial charge in [-0.2, -0.15) is 0 Å². The van der Waals surface area contributed by atoms with Gasteiger partial charge in [0.2, 0.25) is 0 Å². The lowest BCUT2D eigenvalue weighted by Gasteiger charge is -2.22. The third-order valence-electron chi connectivity index (χ3n) is 1.50. The van der Waals surface area contributed by atoms with E-state index in [-0.39, 0.29) is 5.54 Å². The predicted octanol–water partition coefficient (Wildman–Crippen LogP) is 3.13. The molecule has 0 heterocycles. The summed E-state index contributed by atoms with van der Waals surface area (Å²) in [6.45, 7) is 6.25. The van der Waals surface area contributed by atoms with Crippen molar-refractivity contribution in [1.82, 2.24) is 0 Å². The van der Waals surface area contributed by atoms with E-state index in [4.69, 9.17) is 17.3 Å². The molecule has 0 radical (unpaired) electrons. The summed E-state index contributed by atoms with van der Waals surface area (Å²) in [7, 11) is 0. The van der Waals surface area contributed by atoms with E-state index in [1.807, 2.05) is 12.1 Å². The van der Waals surface area contributed by atoms with E-state index in [0.717, 1.165) is 5.69 Å². The van der Waals surface area contributed by atoms with Gasteiger partial charge in [-0.3, -0.25) is 0 Å². The van der Waals surface area contributed by atoms with Crippen molar-refractivity contribution in [2.75, 3.05) is 11.1 Å². The van der Waals surface area contributed by atoms with Gasteiger partial charge in [-0.05, 0) is 39.0 Å². The van der Waals surface area contributed by atoms with Crippen molar-refractivity contribution in [2.45, 2.75) is 26.3 Å². The molecule has 3 heteroatoms. The van der Waals surface area contributed by atoms with Crippen molar-refractivity contribution in [3.8, 4) is 0 Å². The van der Waals surface area contributed by atoms with E-state index < -0.39 is 0 Å². The highest BCUT2D eigenvalue weighted by Gasteiger charge is 2.11. The van der Waals surface area contributed by atoms with E-state index >= 15 is 0 Å².